The van der Waals surface area contributed by atoms with E-state index in [0.717, 1.165) is 4.68 Å². The highest BCUT2D eigenvalue weighted by molar-refractivity contribution is 5.93. The molecule has 0 saturated carbocycles. The second-order valence-corrected chi connectivity index (χ2v) is 4.92. The van der Waals surface area contributed by atoms with Gasteiger partial charge in [-0.05, 0) is 25.5 Å². The Kier molecular flexibility index (Phi) is 4.35. The molecule has 0 aliphatic carbocycles. The summed E-state index contributed by atoms with van der Waals surface area (Å²) in [5, 5.41) is 14.8. The number of amides is 1. The number of hydrogen-bond acceptors (Lipinski definition) is 5. The van der Waals surface area contributed by atoms with Gasteiger partial charge < -0.3 is 5.73 Å². The van der Waals surface area contributed by atoms with E-state index < -0.39 is 16.4 Å². The maximum absolute atomic E-state index is 12.3. The van der Waals surface area contributed by atoms with Crippen molar-refractivity contribution < 1.29 is 9.72 Å². The average Bonchev–Trinajstić information content (AvgIpc) is 2.46. The zero-order valence-corrected chi connectivity index (χ0v) is 12.5. The van der Waals surface area contributed by atoms with Crippen LogP contribution in [-0.2, 0) is 0 Å². The molecule has 0 fully saturated rings. The molecule has 0 radical (unpaired) electrons. The smallest absolute Gasteiger partial charge is 0.284 e. The molecule has 0 unspecified atom stereocenters. The Balaban J connectivity index is 2.50. The number of non-ortho nitro benzene ring substituents is 1. The van der Waals surface area contributed by atoms with Crippen LogP contribution in [0, 0.1) is 24.0 Å². The van der Waals surface area contributed by atoms with Crippen LogP contribution in [0.3, 0.4) is 0 Å². The summed E-state index contributed by atoms with van der Waals surface area (Å²) < 4.78 is 1.03. The summed E-state index contributed by atoms with van der Waals surface area (Å²) in [7, 11) is 0. The number of carbonyl (C=O) groups is 1. The molecule has 0 bridgehead atoms. The first-order valence-electron chi connectivity index (χ1n) is 6.63. The van der Waals surface area contributed by atoms with Crippen molar-refractivity contribution in [3.8, 4) is 0 Å². The van der Waals surface area contributed by atoms with E-state index in [-0.39, 0.29) is 11.3 Å². The number of nitro benzene ring substituents is 1. The van der Waals surface area contributed by atoms with Crippen LogP contribution >= 0.6 is 0 Å². The van der Waals surface area contributed by atoms with Crippen LogP contribution in [0.25, 0.3) is 0 Å². The number of aryl methyl sites for hydroxylation is 2. The molecule has 2 rings (SSSR count). The van der Waals surface area contributed by atoms with Crippen molar-refractivity contribution in [2.75, 3.05) is 0 Å². The molecule has 2 N–H and O–H groups in total. The highest BCUT2D eigenvalue weighted by Gasteiger charge is 2.14. The zero-order chi connectivity index (χ0) is 17.1. The Morgan fingerprint density at radius 2 is 2.04 bits per heavy atom. The van der Waals surface area contributed by atoms with E-state index in [1.807, 2.05) is 0 Å². The minimum absolute atomic E-state index is 0.0836. The van der Waals surface area contributed by atoms with Gasteiger partial charge in [0.2, 0.25) is 0 Å². The lowest BCUT2D eigenvalue weighted by Crippen LogP contribution is -2.30. The molecule has 1 aromatic heterocycles. The summed E-state index contributed by atoms with van der Waals surface area (Å²) in [6, 6.07) is 7.42. The summed E-state index contributed by atoms with van der Waals surface area (Å²) in [6.45, 7) is 3.27. The predicted molar refractivity (Wildman–Crippen MR) is 84.8 cm³/mol. The molecule has 118 valence electrons. The summed E-state index contributed by atoms with van der Waals surface area (Å²) >= 11 is 0. The fourth-order valence-corrected chi connectivity index (χ4v) is 2.17. The van der Waals surface area contributed by atoms with Crippen molar-refractivity contribution in [2.45, 2.75) is 13.8 Å². The first kappa shape index (κ1) is 16.1. The lowest BCUT2D eigenvalue weighted by Gasteiger charge is -2.08. The number of nitro groups is 1. The molecule has 23 heavy (non-hydrogen) atoms. The standard InChI is InChI=1S/C15H14N4O4/c1-9-6-10(2)18(15(21)13(9)14(16)20)17-8-11-4-3-5-12(7-11)19(22)23/h3-8H,1-2H3,(H2,16,20)/b17-8+. The van der Waals surface area contributed by atoms with Gasteiger partial charge in [0, 0.05) is 23.4 Å². The Morgan fingerprint density at radius 1 is 1.35 bits per heavy atom. The molecule has 0 saturated heterocycles. The van der Waals surface area contributed by atoms with Crippen LogP contribution in [0.2, 0.25) is 0 Å². The maximum atomic E-state index is 12.3. The topological polar surface area (TPSA) is 121 Å². The summed E-state index contributed by atoms with van der Waals surface area (Å²) in [4.78, 5) is 33.9. The van der Waals surface area contributed by atoms with Crippen molar-refractivity contribution >= 4 is 17.8 Å². The summed E-state index contributed by atoms with van der Waals surface area (Å²) in [5.41, 5.74) is 5.81. The van der Waals surface area contributed by atoms with Crippen molar-refractivity contribution in [2.24, 2.45) is 10.8 Å². The van der Waals surface area contributed by atoms with Crippen molar-refractivity contribution in [3.63, 3.8) is 0 Å². The van der Waals surface area contributed by atoms with E-state index in [1.54, 1.807) is 26.0 Å². The molecular weight excluding hydrogens is 300 g/mol. The van der Waals surface area contributed by atoms with Gasteiger partial charge in [-0.25, -0.2) is 4.68 Å². The van der Waals surface area contributed by atoms with Crippen LogP contribution in [-0.4, -0.2) is 21.7 Å². The lowest BCUT2D eigenvalue weighted by atomic mass is 10.1. The molecule has 2 aromatic rings. The molecule has 0 aliphatic heterocycles. The molecule has 1 aromatic carbocycles. The second kappa shape index (κ2) is 6.22. The number of nitrogens with zero attached hydrogens (tertiary/aromatic N) is 3. The van der Waals surface area contributed by atoms with Gasteiger partial charge in [0.05, 0.1) is 11.1 Å². The van der Waals surface area contributed by atoms with Crippen molar-refractivity contribution in [1.29, 1.82) is 0 Å². The molecule has 8 heteroatoms. The van der Waals surface area contributed by atoms with E-state index >= 15 is 0 Å². The number of benzene rings is 1. The quantitative estimate of drug-likeness (QED) is 0.520. The average molecular weight is 314 g/mol. The van der Waals surface area contributed by atoms with Crippen LogP contribution < -0.4 is 11.3 Å². The zero-order valence-electron chi connectivity index (χ0n) is 12.5. The summed E-state index contributed by atoms with van der Waals surface area (Å²) in [6.07, 6.45) is 1.31. The van der Waals surface area contributed by atoms with Gasteiger partial charge >= 0.3 is 0 Å². The molecule has 8 nitrogen and oxygen atoms in total. The number of primary amides is 1. The van der Waals surface area contributed by atoms with Gasteiger partial charge in [0.25, 0.3) is 17.2 Å². The number of nitrogens with two attached hydrogens (primary N) is 1. The van der Waals surface area contributed by atoms with Gasteiger partial charge in [-0.1, -0.05) is 12.1 Å². The van der Waals surface area contributed by atoms with Gasteiger partial charge in [-0.3, -0.25) is 19.7 Å². The number of hydrogen-bond donors (Lipinski definition) is 1. The molecule has 1 amide bonds. The number of aromatic nitrogens is 1. The number of pyridine rings is 1. The maximum Gasteiger partial charge on any atom is 0.284 e. The van der Waals surface area contributed by atoms with Gasteiger partial charge in [-0.15, -0.1) is 0 Å². The molecule has 0 aliphatic rings. The molecule has 0 spiro atoms. The van der Waals surface area contributed by atoms with E-state index in [2.05, 4.69) is 5.10 Å². The van der Waals surface area contributed by atoms with E-state index in [0.29, 0.717) is 16.8 Å². The van der Waals surface area contributed by atoms with Crippen molar-refractivity contribution in [1.82, 2.24) is 4.68 Å². The van der Waals surface area contributed by atoms with E-state index in [1.165, 1.54) is 24.4 Å². The molecule has 1 heterocycles. The summed E-state index contributed by atoms with van der Waals surface area (Å²) in [5.74, 6) is -0.827. The first-order valence-corrected chi connectivity index (χ1v) is 6.63. The Bertz CT molecular complexity index is 884. The minimum Gasteiger partial charge on any atom is -0.365 e. The minimum atomic E-state index is -0.827. The molecular formula is C15H14N4O4. The van der Waals surface area contributed by atoms with Crippen LogP contribution in [0.15, 0.2) is 40.2 Å². The third kappa shape index (κ3) is 3.31. The normalized spacial score (nSPS) is 10.9. The SMILES string of the molecule is Cc1cc(C)n(/N=C/c2cccc([N+](=O)[O-])c2)c(=O)c1C(N)=O. The predicted octanol–water partition coefficient (Wildman–Crippen LogP) is 1.35. The Morgan fingerprint density at radius 3 is 2.65 bits per heavy atom. The number of carbonyl (C=O) groups excluding carboxylic acids is 1. The van der Waals surface area contributed by atoms with E-state index in [4.69, 9.17) is 5.73 Å². The van der Waals surface area contributed by atoms with Crippen LogP contribution in [0.1, 0.15) is 27.2 Å². The largest absolute Gasteiger partial charge is 0.365 e. The third-order valence-electron chi connectivity index (χ3n) is 3.21. The molecule has 0 atom stereocenters. The first-order chi connectivity index (χ1) is 10.8. The fraction of sp³-hybridized carbons (Fsp3) is 0.133. The Labute approximate surface area is 131 Å². The van der Waals surface area contributed by atoms with Gasteiger partial charge in [0.1, 0.15) is 5.56 Å². The lowest BCUT2D eigenvalue weighted by molar-refractivity contribution is -0.384. The van der Waals surface area contributed by atoms with Gasteiger partial charge in [-0.2, -0.15) is 5.10 Å². The van der Waals surface area contributed by atoms with Crippen LogP contribution in [0.5, 0.6) is 0 Å². The second-order valence-electron chi connectivity index (χ2n) is 4.92. The van der Waals surface area contributed by atoms with Crippen LogP contribution in [0.4, 0.5) is 5.69 Å². The van der Waals surface area contributed by atoms with E-state index in [9.17, 15) is 19.7 Å². The third-order valence-corrected chi connectivity index (χ3v) is 3.21. The van der Waals surface area contributed by atoms with Crippen molar-refractivity contribution in [3.05, 3.63) is 73.2 Å². The monoisotopic (exact) mass is 314 g/mol. The highest BCUT2D eigenvalue weighted by Crippen LogP contribution is 2.12. The van der Waals surface area contributed by atoms with Gasteiger partial charge in [0.15, 0.2) is 0 Å². The Hall–Kier alpha value is -3.29. The number of rotatable bonds is 4. The highest BCUT2D eigenvalue weighted by atomic mass is 16.6. The fourth-order valence-electron chi connectivity index (χ4n) is 2.17.